The third kappa shape index (κ3) is 3.22. The molecule has 0 aliphatic rings. The molecule has 1 atom stereocenters. The maximum atomic E-state index is 11.1. The number of benzene rings is 1. The number of nitrogens with zero attached hydrogens (tertiary/aromatic N) is 2. The zero-order valence-electron chi connectivity index (χ0n) is 15.0. The first kappa shape index (κ1) is 17.8. The summed E-state index contributed by atoms with van der Waals surface area (Å²) in [6.07, 6.45) is 0.0555. The molecular formula is C18H24N2O4. The zero-order valence-corrected chi connectivity index (χ0v) is 15.0. The average molecular weight is 332 g/mol. The molecule has 130 valence electrons. The van der Waals surface area contributed by atoms with E-state index in [4.69, 9.17) is 14.6 Å². The lowest BCUT2D eigenvalue weighted by molar-refractivity contribution is -0.137. The quantitative estimate of drug-likeness (QED) is 0.878. The summed E-state index contributed by atoms with van der Waals surface area (Å²) in [6, 6.07) is 3.82. The molecule has 0 aliphatic carbocycles. The van der Waals surface area contributed by atoms with Gasteiger partial charge in [0.2, 0.25) is 0 Å². The van der Waals surface area contributed by atoms with Crippen molar-refractivity contribution in [3.05, 3.63) is 29.1 Å². The Morgan fingerprint density at radius 1 is 1.29 bits per heavy atom. The second-order valence-electron chi connectivity index (χ2n) is 5.97. The van der Waals surface area contributed by atoms with E-state index in [9.17, 15) is 4.79 Å². The number of hydrogen-bond donors (Lipinski definition) is 1. The van der Waals surface area contributed by atoms with Crippen molar-refractivity contribution >= 4 is 5.97 Å². The molecule has 1 N–H and O–H groups in total. The van der Waals surface area contributed by atoms with E-state index in [1.54, 1.807) is 14.2 Å². The van der Waals surface area contributed by atoms with Gasteiger partial charge in [0.05, 0.1) is 26.3 Å². The van der Waals surface area contributed by atoms with Crippen LogP contribution in [0.15, 0.2) is 12.1 Å². The highest BCUT2D eigenvalue weighted by Gasteiger charge is 2.22. The predicted octanol–water partition coefficient (Wildman–Crippen LogP) is 3.30. The molecule has 0 amide bonds. The number of hydrogen-bond acceptors (Lipinski definition) is 4. The minimum atomic E-state index is -0.826. The van der Waals surface area contributed by atoms with Crippen LogP contribution < -0.4 is 9.47 Å². The highest BCUT2D eigenvalue weighted by molar-refractivity contribution is 5.78. The van der Waals surface area contributed by atoms with Crippen molar-refractivity contribution in [3.8, 4) is 22.6 Å². The lowest BCUT2D eigenvalue weighted by atomic mass is 9.92. The van der Waals surface area contributed by atoms with Gasteiger partial charge >= 0.3 is 5.97 Å². The van der Waals surface area contributed by atoms with Gasteiger partial charge in [-0.3, -0.25) is 9.48 Å². The monoisotopic (exact) mass is 332 g/mol. The zero-order chi connectivity index (χ0) is 18.0. The summed E-state index contributed by atoms with van der Waals surface area (Å²) in [4.78, 5) is 11.1. The molecule has 1 aromatic heterocycles. The summed E-state index contributed by atoms with van der Waals surface area (Å²) in [5.41, 5.74) is 4.64. The Labute approximate surface area is 142 Å². The van der Waals surface area contributed by atoms with Crippen LogP contribution in [-0.4, -0.2) is 35.1 Å². The van der Waals surface area contributed by atoms with Crippen LogP contribution in [0.2, 0.25) is 0 Å². The van der Waals surface area contributed by atoms with Crippen LogP contribution in [0.4, 0.5) is 0 Å². The first-order chi connectivity index (χ1) is 11.3. The molecule has 2 aromatic rings. The van der Waals surface area contributed by atoms with Crippen LogP contribution in [0.25, 0.3) is 11.1 Å². The van der Waals surface area contributed by atoms with Crippen molar-refractivity contribution in [2.75, 3.05) is 14.2 Å². The van der Waals surface area contributed by atoms with Crippen LogP contribution in [0.1, 0.15) is 36.2 Å². The van der Waals surface area contributed by atoms with E-state index in [1.165, 1.54) is 0 Å². The maximum Gasteiger partial charge on any atom is 0.303 e. The van der Waals surface area contributed by atoms with Gasteiger partial charge in [-0.1, -0.05) is 6.92 Å². The number of ether oxygens (including phenoxy) is 2. The average Bonchev–Trinajstić information content (AvgIpc) is 2.77. The number of carboxylic acids is 1. The molecule has 6 nitrogen and oxygen atoms in total. The third-order valence-corrected chi connectivity index (χ3v) is 4.33. The van der Waals surface area contributed by atoms with Gasteiger partial charge in [-0.2, -0.15) is 5.10 Å². The lowest BCUT2D eigenvalue weighted by Crippen LogP contribution is -2.04. The van der Waals surface area contributed by atoms with E-state index in [-0.39, 0.29) is 12.3 Å². The van der Waals surface area contributed by atoms with E-state index < -0.39 is 5.97 Å². The minimum Gasteiger partial charge on any atom is -0.493 e. The van der Waals surface area contributed by atoms with Crippen molar-refractivity contribution in [1.29, 1.82) is 0 Å². The first-order valence-electron chi connectivity index (χ1n) is 7.78. The number of carbonyl (C=O) groups is 1. The number of methoxy groups -OCH3 is 2. The molecule has 0 aliphatic heterocycles. The van der Waals surface area contributed by atoms with Crippen molar-refractivity contribution in [2.45, 2.75) is 33.1 Å². The molecule has 1 aromatic carbocycles. The Morgan fingerprint density at radius 3 is 2.42 bits per heavy atom. The van der Waals surface area contributed by atoms with E-state index in [1.807, 2.05) is 44.6 Å². The Bertz CT molecular complexity index is 765. The van der Waals surface area contributed by atoms with Crippen molar-refractivity contribution in [3.63, 3.8) is 0 Å². The van der Waals surface area contributed by atoms with Gasteiger partial charge in [0, 0.05) is 23.9 Å². The Balaban J connectivity index is 2.70. The van der Waals surface area contributed by atoms with Crippen LogP contribution >= 0.6 is 0 Å². The second kappa shape index (κ2) is 6.95. The largest absolute Gasteiger partial charge is 0.493 e. The SMILES string of the molecule is COc1cc(C(C)CC(=O)O)cc(-c2c(C)nn(C)c2C)c1OC. The standard InChI is InChI=1S/C18H24N2O4/c1-10(7-16(21)22)13-8-14(18(24-6)15(9-13)23-5)17-11(2)19-20(4)12(17)3/h8-10H,7H2,1-6H3,(H,21,22). The van der Waals surface area contributed by atoms with E-state index in [0.717, 1.165) is 28.1 Å². The van der Waals surface area contributed by atoms with Gasteiger partial charge < -0.3 is 14.6 Å². The molecule has 1 heterocycles. The molecule has 0 bridgehead atoms. The Kier molecular flexibility index (Phi) is 5.17. The molecule has 0 radical (unpaired) electrons. The fraction of sp³-hybridized carbons (Fsp3) is 0.444. The summed E-state index contributed by atoms with van der Waals surface area (Å²) in [5, 5.41) is 13.5. The van der Waals surface area contributed by atoms with Crippen LogP contribution in [0.3, 0.4) is 0 Å². The van der Waals surface area contributed by atoms with Crippen molar-refractivity contribution in [1.82, 2.24) is 9.78 Å². The van der Waals surface area contributed by atoms with Gasteiger partial charge in [-0.25, -0.2) is 0 Å². The predicted molar refractivity (Wildman–Crippen MR) is 91.9 cm³/mol. The minimum absolute atomic E-state index is 0.0555. The number of aromatic nitrogens is 2. The molecule has 0 fully saturated rings. The molecular weight excluding hydrogens is 308 g/mol. The smallest absolute Gasteiger partial charge is 0.303 e. The van der Waals surface area contributed by atoms with E-state index >= 15 is 0 Å². The van der Waals surface area contributed by atoms with Gasteiger partial charge in [0.1, 0.15) is 0 Å². The lowest BCUT2D eigenvalue weighted by Gasteiger charge is -2.18. The van der Waals surface area contributed by atoms with Gasteiger partial charge in [0.25, 0.3) is 0 Å². The van der Waals surface area contributed by atoms with Crippen LogP contribution in [0.5, 0.6) is 11.5 Å². The number of aryl methyl sites for hydroxylation is 2. The molecule has 2 rings (SSSR count). The topological polar surface area (TPSA) is 73.6 Å². The van der Waals surface area contributed by atoms with Gasteiger partial charge in [0.15, 0.2) is 11.5 Å². The van der Waals surface area contributed by atoms with Crippen molar-refractivity contribution in [2.24, 2.45) is 7.05 Å². The molecule has 0 spiro atoms. The fourth-order valence-corrected chi connectivity index (χ4v) is 3.00. The molecule has 6 heteroatoms. The Morgan fingerprint density at radius 2 is 1.96 bits per heavy atom. The molecule has 0 saturated carbocycles. The summed E-state index contributed by atoms with van der Waals surface area (Å²) >= 11 is 0. The summed E-state index contributed by atoms with van der Waals surface area (Å²) in [7, 11) is 5.07. The molecule has 1 unspecified atom stereocenters. The maximum absolute atomic E-state index is 11.1. The molecule has 24 heavy (non-hydrogen) atoms. The summed E-state index contributed by atoms with van der Waals surface area (Å²) in [5.74, 6) is 0.249. The van der Waals surface area contributed by atoms with Crippen LogP contribution in [0, 0.1) is 13.8 Å². The van der Waals surface area contributed by atoms with E-state index in [2.05, 4.69) is 5.10 Å². The van der Waals surface area contributed by atoms with Crippen molar-refractivity contribution < 1.29 is 19.4 Å². The Hall–Kier alpha value is -2.50. The van der Waals surface area contributed by atoms with E-state index in [0.29, 0.717) is 11.5 Å². The number of rotatable bonds is 6. The summed E-state index contributed by atoms with van der Waals surface area (Å²) in [6.45, 7) is 5.83. The number of carboxylic acid groups (broad SMARTS) is 1. The second-order valence-corrected chi connectivity index (χ2v) is 5.97. The highest BCUT2D eigenvalue weighted by atomic mass is 16.5. The third-order valence-electron chi connectivity index (χ3n) is 4.33. The normalized spacial score (nSPS) is 12.1. The molecule has 0 saturated heterocycles. The van der Waals surface area contributed by atoms with Gasteiger partial charge in [-0.15, -0.1) is 0 Å². The summed E-state index contributed by atoms with van der Waals surface area (Å²) < 4.78 is 12.9. The van der Waals surface area contributed by atoms with Gasteiger partial charge in [-0.05, 0) is 37.5 Å². The fourth-order valence-electron chi connectivity index (χ4n) is 3.00. The highest BCUT2D eigenvalue weighted by Crippen LogP contribution is 2.43. The number of aliphatic carboxylic acids is 1. The first-order valence-corrected chi connectivity index (χ1v) is 7.78. The van der Waals surface area contributed by atoms with Crippen LogP contribution in [-0.2, 0) is 11.8 Å².